The summed E-state index contributed by atoms with van der Waals surface area (Å²) >= 11 is 0. The largest absolute Gasteiger partial charge is 0.300 e. The molecule has 0 amide bonds. The van der Waals surface area contributed by atoms with E-state index < -0.39 is 0 Å². The summed E-state index contributed by atoms with van der Waals surface area (Å²) in [5, 5.41) is 0. The first-order valence-electron chi connectivity index (χ1n) is 4.68. The average Bonchev–Trinajstić information content (AvgIpc) is 2.40. The normalized spacial score (nSPS) is 36.8. The molecule has 1 fully saturated rings. The quantitative estimate of drug-likeness (QED) is 0.605. The third kappa shape index (κ3) is 1.76. The molecule has 0 aromatic rings. The van der Waals surface area contributed by atoms with Crippen LogP contribution < -0.4 is 0 Å². The van der Waals surface area contributed by atoms with Crippen LogP contribution in [0.4, 0.5) is 0 Å². The smallest absolute Gasteiger partial charge is 0.0207 e. The van der Waals surface area contributed by atoms with E-state index in [-0.39, 0.29) is 0 Å². The lowest BCUT2D eigenvalue weighted by molar-refractivity contribution is 0.200. The minimum absolute atomic E-state index is 0.532. The Bertz CT molecular complexity index is 142. The van der Waals surface area contributed by atoms with Crippen LogP contribution in [0.25, 0.3) is 0 Å². The zero-order chi connectivity index (χ0) is 8.65. The maximum absolute atomic E-state index is 2.52. The van der Waals surface area contributed by atoms with Crippen molar-refractivity contribution in [3.05, 3.63) is 0 Å². The molecule has 1 heteroatoms. The van der Waals surface area contributed by atoms with Gasteiger partial charge in [0.1, 0.15) is 0 Å². The maximum Gasteiger partial charge on any atom is 0.0207 e. The first kappa shape index (κ1) is 9.05. The molecule has 1 saturated carbocycles. The van der Waals surface area contributed by atoms with E-state index in [1.165, 1.54) is 13.0 Å². The van der Waals surface area contributed by atoms with E-state index >= 15 is 0 Å². The molecule has 1 rings (SSSR count). The van der Waals surface area contributed by atoms with E-state index in [9.17, 15) is 0 Å². The number of nitrogens with zero attached hydrogens (tertiary/aromatic N) is 1. The lowest BCUT2D eigenvalue weighted by atomic mass is 10.1. The van der Waals surface area contributed by atoms with E-state index in [4.69, 9.17) is 0 Å². The van der Waals surface area contributed by atoms with Crippen molar-refractivity contribution in [1.82, 2.24) is 4.90 Å². The Morgan fingerprint density at radius 1 is 1.55 bits per heavy atom. The SMILES string of the molecule is CC(C)CN(C)C1(C)CC1C. The monoisotopic (exact) mass is 155 g/mol. The molecule has 2 atom stereocenters. The molecule has 1 aliphatic carbocycles. The highest BCUT2D eigenvalue weighted by molar-refractivity contribution is 5.05. The van der Waals surface area contributed by atoms with E-state index in [1.54, 1.807) is 0 Å². The summed E-state index contributed by atoms with van der Waals surface area (Å²) in [4.78, 5) is 2.52. The summed E-state index contributed by atoms with van der Waals surface area (Å²) in [5.74, 6) is 1.70. The molecule has 0 radical (unpaired) electrons. The van der Waals surface area contributed by atoms with Gasteiger partial charge in [0.2, 0.25) is 0 Å². The van der Waals surface area contributed by atoms with E-state index in [0.29, 0.717) is 5.54 Å². The van der Waals surface area contributed by atoms with E-state index in [2.05, 4.69) is 39.6 Å². The van der Waals surface area contributed by atoms with Gasteiger partial charge >= 0.3 is 0 Å². The van der Waals surface area contributed by atoms with Gasteiger partial charge in [-0.25, -0.2) is 0 Å². The van der Waals surface area contributed by atoms with Crippen LogP contribution in [0.2, 0.25) is 0 Å². The molecule has 0 bridgehead atoms. The minimum Gasteiger partial charge on any atom is -0.300 e. The van der Waals surface area contributed by atoms with Crippen molar-refractivity contribution in [3.63, 3.8) is 0 Å². The van der Waals surface area contributed by atoms with Crippen LogP contribution in [0, 0.1) is 11.8 Å². The van der Waals surface area contributed by atoms with Crippen LogP contribution in [0.3, 0.4) is 0 Å². The summed E-state index contributed by atoms with van der Waals surface area (Å²) in [6.45, 7) is 10.5. The van der Waals surface area contributed by atoms with Gasteiger partial charge < -0.3 is 4.90 Å². The topological polar surface area (TPSA) is 3.24 Å². The lowest BCUT2D eigenvalue weighted by Gasteiger charge is -2.27. The van der Waals surface area contributed by atoms with Gasteiger partial charge in [-0.3, -0.25) is 0 Å². The van der Waals surface area contributed by atoms with Crippen LogP contribution >= 0.6 is 0 Å². The predicted octanol–water partition coefficient (Wildman–Crippen LogP) is 2.37. The summed E-state index contributed by atoms with van der Waals surface area (Å²) in [6.07, 6.45) is 1.39. The van der Waals surface area contributed by atoms with E-state index in [1.807, 2.05) is 0 Å². The molecule has 0 aromatic heterocycles. The van der Waals surface area contributed by atoms with Crippen LogP contribution in [0.5, 0.6) is 0 Å². The van der Waals surface area contributed by atoms with Crippen LogP contribution in [0.1, 0.15) is 34.1 Å². The highest BCUT2D eigenvalue weighted by Crippen LogP contribution is 2.47. The van der Waals surface area contributed by atoms with Gasteiger partial charge in [0.05, 0.1) is 0 Å². The summed E-state index contributed by atoms with van der Waals surface area (Å²) in [7, 11) is 2.25. The third-order valence-corrected chi connectivity index (χ3v) is 3.13. The molecule has 0 aliphatic heterocycles. The molecule has 66 valence electrons. The lowest BCUT2D eigenvalue weighted by Crippen LogP contribution is -2.35. The molecule has 1 aliphatic rings. The molecule has 11 heavy (non-hydrogen) atoms. The summed E-state index contributed by atoms with van der Waals surface area (Å²) in [6, 6.07) is 0. The van der Waals surface area contributed by atoms with Gasteiger partial charge in [-0.05, 0) is 32.2 Å². The predicted molar refractivity (Wildman–Crippen MR) is 49.7 cm³/mol. The molecule has 0 N–H and O–H groups in total. The molecule has 1 nitrogen and oxygen atoms in total. The molecular formula is C10H21N. The first-order chi connectivity index (χ1) is 4.97. The van der Waals surface area contributed by atoms with Crippen LogP contribution in [-0.2, 0) is 0 Å². The highest BCUT2D eigenvalue weighted by atomic mass is 15.2. The van der Waals surface area contributed by atoms with Gasteiger partial charge in [-0.15, -0.1) is 0 Å². The minimum atomic E-state index is 0.532. The Morgan fingerprint density at radius 2 is 2.00 bits per heavy atom. The third-order valence-electron chi connectivity index (χ3n) is 3.13. The molecule has 0 spiro atoms. The van der Waals surface area contributed by atoms with Crippen molar-refractivity contribution >= 4 is 0 Å². The zero-order valence-electron chi connectivity index (χ0n) is 8.52. The zero-order valence-corrected chi connectivity index (χ0v) is 8.52. The van der Waals surface area contributed by atoms with Gasteiger partial charge in [0.25, 0.3) is 0 Å². The van der Waals surface area contributed by atoms with Crippen molar-refractivity contribution in [2.45, 2.75) is 39.7 Å². The van der Waals surface area contributed by atoms with E-state index in [0.717, 1.165) is 11.8 Å². The maximum atomic E-state index is 2.52. The Kier molecular flexibility index (Phi) is 2.29. The molecule has 0 heterocycles. The fourth-order valence-electron chi connectivity index (χ4n) is 1.85. The Balaban J connectivity index is 2.37. The first-order valence-corrected chi connectivity index (χ1v) is 4.68. The van der Waals surface area contributed by atoms with Gasteiger partial charge in [-0.2, -0.15) is 0 Å². The fraction of sp³-hybridized carbons (Fsp3) is 1.00. The number of hydrogen-bond acceptors (Lipinski definition) is 1. The van der Waals surface area contributed by atoms with Gasteiger partial charge in [0.15, 0.2) is 0 Å². The Hall–Kier alpha value is -0.0400. The average molecular weight is 155 g/mol. The van der Waals surface area contributed by atoms with Crippen molar-refractivity contribution in [1.29, 1.82) is 0 Å². The summed E-state index contributed by atoms with van der Waals surface area (Å²) in [5.41, 5.74) is 0.532. The van der Waals surface area contributed by atoms with Crippen LogP contribution in [-0.4, -0.2) is 24.0 Å². The molecule has 0 aromatic carbocycles. The number of rotatable bonds is 3. The van der Waals surface area contributed by atoms with Crippen molar-refractivity contribution in [3.8, 4) is 0 Å². The van der Waals surface area contributed by atoms with Crippen molar-refractivity contribution in [2.75, 3.05) is 13.6 Å². The summed E-state index contributed by atoms with van der Waals surface area (Å²) < 4.78 is 0. The van der Waals surface area contributed by atoms with Gasteiger partial charge in [-0.1, -0.05) is 20.8 Å². The highest BCUT2D eigenvalue weighted by Gasteiger charge is 2.49. The fourth-order valence-corrected chi connectivity index (χ4v) is 1.85. The van der Waals surface area contributed by atoms with Gasteiger partial charge in [0, 0.05) is 12.1 Å². The van der Waals surface area contributed by atoms with Crippen LogP contribution in [0.15, 0.2) is 0 Å². The molecule has 0 saturated heterocycles. The second kappa shape index (κ2) is 2.78. The second-order valence-electron chi connectivity index (χ2n) is 4.74. The Labute approximate surface area is 70.8 Å². The molecular weight excluding hydrogens is 134 g/mol. The number of hydrogen-bond donors (Lipinski definition) is 0. The standard InChI is InChI=1S/C10H21N/c1-8(2)7-11(5)10(4)6-9(10)3/h8-9H,6-7H2,1-5H3. The second-order valence-corrected chi connectivity index (χ2v) is 4.74. The Morgan fingerprint density at radius 3 is 2.27 bits per heavy atom. The molecule has 2 unspecified atom stereocenters. The van der Waals surface area contributed by atoms with Crippen molar-refractivity contribution in [2.24, 2.45) is 11.8 Å². The van der Waals surface area contributed by atoms with Crippen molar-refractivity contribution < 1.29 is 0 Å².